The molecule has 1 rings (SSSR count). The largest absolute Gasteiger partial charge is 0.0842 e. The first-order chi connectivity index (χ1) is 5.74. The minimum absolute atomic E-state index is 0.833. The molecular weight excluding hydrogens is 168 g/mol. The van der Waals surface area contributed by atoms with Crippen molar-refractivity contribution in [2.75, 3.05) is 0 Å². The average Bonchev–Trinajstić information content (AvgIpc) is 2.03. The van der Waals surface area contributed by atoms with Gasteiger partial charge < -0.3 is 0 Å². The molecule has 64 valence electrons. The lowest BCUT2D eigenvalue weighted by Gasteiger charge is -1.98. The molecule has 12 heavy (non-hydrogen) atoms. The van der Waals surface area contributed by atoms with E-state index in [-0.39, 0.29) is 0 Å². The van der Waals surface area contributed by atoms with Crippen LogP contribution in [0.2, 0.25) is 5.02 Å². The Bertz CT molecular complexity index is 287. The minimum atomic E-state index is 0.833. The Morgan fingerprint density at radius 3 is 2.75 bits per heavy atom. The second-order valence-corrected chi connectivity index (χ2v) is 3.24. The second kappa shape index (κ2) is 4.32. The zero-order valence-corrected chi connectivity index (χ0v) is 8.23. The van der Waals surface area contributed by atoms with Crippen LogP contribution in [0.1, 0.15) is 24.5 Å². The molecule has 1 heteroatoms. The first-order valence-electron chi connectivity index (χ1n) is 4.16. The van der Waals surface area contributed by atoms with Crippen molar-refractivity contribution in [3.05, 3.63) is 40.4 Å². The topological polar surface area (TPSA) is 0 Å². The Morgan fingerprint density at radius 2 is 2.17 bits per heavy atom. The summed E-state index contributed by atoms with van der Waals surface area (Å²) in [5, 5.41) is 0.833. The maximum atomic E-state index is 6.01. The van der Waals surface area contributed by atoms with E-state index in [1.54, 1.807) is 0 Å². The van der Waals surface area contributed by atoms with Crippen molar-refractivity contribution >= 4 is 17.7 Å². The van der Waals surface area contributed by atoms with Gasteiger partial charge in [-0.1, -0.05) is 42.8 Å². The van der Waals surface area contributed by atoms with Crippen LogP contribution in [0.15, 0.2) is 24.3 Å². The summed E-state index contributed by atoms with van der Waals surface area (Å²) in [5.41, 5.74) is 2.30. The predicted octanol–water partition coefficient (Wildman–Crippen LogP) is 4.07. The van der Waals surface area contributed by atoms with Crippen LogP contribution < -0.4 is 0 Å². The SMILES string of the molecule is CCC=Cc1ccc(C)cc1Cl. The molecule has 0 bridgehead atoms. The summed E-state index contributed by atoms with van der Waals surface area (Å²) >= 11 is 6.01. The summed E-state index contributed by atoms with van der Waals surface area (Å²) in [6.45, 7) is 4.15. The third-order valence-corrected chi connectivity index (χ3v) is 2.02. The maximum Gasteiger partial charge on any atom is 0.0480 e. The van der Waals surface area contributed by atoms with Gasteiger partial charge in [0, 0.05) is 5.02 Å². The van der Waals surface area contributed by atoms with Gasteiger partial charge in [0.2, 0.25) is 0 Å². The number of aryl methyl sites for hydroxylation is 1. The molecule has 0 saturated heterocycles. The van der Waals surface area contributed by atoms with Gasteiger partial charge in [0.25, 0.3) is 0 Å². The Balaban J connectivity index is 2.94. The van der Waals surface area contributed by atoms with Crippen molar-refractivity contribution in [2.24, 2.45) is 0 Å². The van der Waals surface area contributed by atoms with Crippen molar-refractivity contribution < 1.29 is 0 Å². The van der Waals surface area contributed by atoms with Crippen molar-refractivity contribution in [3.63, 3.8) is 0 Å². The van der Waals surface area contributed by atoms with Crippen LogP contribution in [0.5, 0.6) is 0 Å². The van der Waals surface area contributed by atoms with Crippen LogP contribution in [0.25, 0.3) is 6.08 Å². The van der Waals surface area contributed by atoms with Gasteiger partial charge in [0.15, 0.2) is 0 Å². The van der Waals surface area contributed by atoms with E-state index in [0.717, 1.165) is 17.0 Å². The minimum Gasteiger partial charge on any atom is -0.0842 e. The Kier molecular flexibility index (Phi) is 3.36. The van der Waals surface area contributed by atoms with E-state index < -0.39 is 0 Å². The molecule has 0 atom stereocenters. The average molecular weight is 181 g/mol. The molecule has 0 aliphatic carbocycles. The third-order valence-electron chi connectivity index (χ3n) is 1.69. The van der Waals surface area contributed by atoms with Gasteiger partial charge in [-0.15, -0.1) is 0 Å². The lowest BCUT2D eigenvalue weighted by molar-refractivity contribution is 1.23. The first-order valence-corrected chi connectivity index (χ1v) is 4.54. The van der Waals surface area contributed by atoms with Crippen LogP contribution >= 0.6 is 11.6 Å². The zero-order chi connectivity index (χ0) is 8.97. The molecule has 0 N–H and O–H groups in total. The number of hydrogen-bond acceptors (Lipinski definition) is 0. The molecule has 0 heterocycles. The standard InChI is InChI=1S/C11H13Cl/c1-3-4-5-10-7-6-9(2)8-11(10)12/h4-8H,3H2,1-2H3. The summed E-state index contributed by atoms with van der Waals surface area (Å²) in [6, 6.07) is 6.10. The van der Waals surface area contributed by atoms with Gasteiger partial charge >= 0.3 is 0 Å². The highest BCUT2D eigenvalue weighted by molar-refractivity contribution is 6.32. The second-order valence-electron chi connectivity index (χ2n) is 2.84. The molecule has 0 nitrogen and oxygen atoms in total. The Hall–Kier alpha value is -0.750. The molecule has 0 aliphatic heterocycles. The van der Waals surface area contributed by atoms with E-state index in [0.29, 0.717) is 0 Å². The number of allylic oxidation sites excluding steroid dienone is 1. The molecule has 0 radical (unpaired) electrons. The molecule has 0 spiro atoms. The quantitative estimate of drug-likeness (QED) is 0.644. The van der Waals surface area contributed by atoms with E-state index in [4.69, 9.17) is 11.6 Å². The van der Waals surface area contributed by atoms with Gasteiger partial charge in [-0.05, 0) is 30.5 Å². The summed E-state index contributed by atoms with van der Waals surface area (Å²) < 4.78 is 0. The summed E-state index contributed by atoms with van der Waals surface area (Å²) in [4.78, 5) is 0. The van der Waals surface area contributed by atoms with Crippen LogP contribution in [0, 0.1) is 6.92 Å². The number of rotatable bonds is 2. The molecular formula is C11H13Cl. The van der Waals surface area contributed by atoms with Crippen LogP contribution in [0.3, 0.4) is 0 Å². The van der Waals surface area contributed by atoms with Crippen molar-refractivity contribution in [3.8, 4) is 0 Å². The van der Waals surface area contributed by atoms with Crippen LogP contribution in [-0.2, 0) is 0 Å². The maximum absolute atomic E-state index is 6.01. The van der Waals surface area contributed by atoms with E-state index in [9.17, 15) is 0 Å². The summed E-state index contributed by atoms with van der Waals surface area (Å²) in [7, 11) is 0. The molecule has 0 amide bonds. The number of hydrogen-bond donors (Lipinski definition) is 0. The lowest BCUT2D eigenvalue weighted by Crippen LogP contribution is -1.76. The molecule has 1 aromatic rings. The van der Waals surface area contributed by atoms with E-state index >= 15 is 0 Å². The highest BCUT2D eigenvalue weighted by Crippen LogP contribution is 2.18. The Morgan fingerprint density at radius 1 is 1.42 bits per heavy atom. The van der Waals surface area contributed by atoms with Crippen molar-refractivity contribution in [1.29, 1.82) is 0 Å². The molecule has 0 saturated carbocycles. The van der Waals surface area contributed by atoms with Crippen molar-refractivity contribution in [2.45, 2.75) is 20.3 Å². The summed E-state index contributed by atoms with van der Waals surface area (Å²) in [5.74, 6) is 0. The van der Waals surface area contributed by atoms with Gasteiger partial charge in [-0.2, -0.15) is 0 Å². The fraction of sp³-hybridized carbons (Fsp3) is 0.273. The van der Waals surface area contributed by atoms with Crippen molar-refractivity contribution in [1.82, 2.24) is 0 Å². The van der Waals surface area contributed by atoms with E-state index in [1.165, 1.54) is 5.56 Å². The smallest absolute Gasteiger partial charge is 0.0480 e. The lowest BCUT2D eigenvalue weighted by atomic mass is 10.1. The summed E-state index contributed by atoms with van der Waals surface area (Å²) in [6.07, 6.45) is 5.21. The third kappa shape index (κ3) is 2.38. The van der Waals surface area contributed by atoms with Gasteiger partial charge in [-0.3, -0.25) is 0 Å². The van der Waals surface area contributed by atoms with Crippen LogP contribution in [-0.4, -0.2) is 0 Å². The van der Waals surface area contributed by atoms with Crippen LogP contribution in [0.4, 0.5) is 0 Å². The first kappa shape index (κ1) is 9.34. The highest BCUT2D eigenvalue weighted by Gasteiger charge is 1.94. The van der Waals surface area contributed by atoms with Gasteiger partial charge in [0.1, 0.15) is 0 Å². The predicted molar refractivity (Wildman–Crippen MR) is 55.5 cm³/mol. The zero-order valence-electron chi connectivity index (χ0n) is 7.47. The van der Waals surface area contributed by atoms with Gasteiger partial charge in [0.05, 0.1) is 0 Å². The number of benzene rings is 1. The molecule has 0 aromatic heterocycles. The highest BCUT2D eigenvalue weighted by atomic mass is 35.5. The van der Waals surface area contributed by atoms with E-state index in [2.05, 4.69) is 25.1 Å². The van der Waals surface area contributed by atoms with E-state index in [1.807, 2.05) is 19.1 Å². The Labute approximate surface area is 78.9 Å². The normalized spacial score (nSPS) is 10.9. The van der Waals surface area contributed by atoms with Gasteiger partial charge in [-0.25, -0.2) is 0 Å². The molecule has 0 aliphatic rings. The molecule has 1 aromatic carbocycles. The fourth-order valence-electron chi connectivity index (χ4n) is 1.01. The number of halogens is 1. The monoisotopic (exact) mass is 180 g/mol. The molecule has 0 unspecified atom stereocenters. The molecule has 0 fully saturated rings. The fourth-order valence-corrected chi connectivity index (χ4v) is 1.31.